The third kappa shape index (κ3) is 0.996. The molecule has 0 bridgehead atoms. The van der Waals surface area contributed by atoms with E-state index in [-0.39, 0.29) is 0 Å². The molecule has 0 aromatic carbocycles. The van der Waals surface area contributed by atoms with Crippen LogP contribution >= 0.6 is 11.5 Å². The highest BCUT2D eigenvalue weighted by molar-refractivity contribution is 7.03. The van der Waals surface area contributed by atoms with Crippen molar-refractivity contribution in [2.75, 3.05) is 0 Å². The number of rotatable bonds is 1. The molecule has 1 heterocycles. The van der Waals surface area contributed by atoms with Crippen LogP contribution in [0.5, 0.6) is 0 Å². The van der Waals surface area contributed by atoms with Gasteiger partial charge in [0.05, 0.1) is 0 Å². The molecule has 0 unspecified atom stereocenters. The van der Waals surface area contributed by atoms with Crippen LogP contribution in [-0.2, 0) is 0 Å². The third-order valence-electron chi connectivity index (χ3n) is 0.644. The molecule has 1 rings (SSSR count). The molecule has 0 fully saturated rings. The average Bonchev–Trinajstić information content (AvgIpc) is 2.14. The number of aromatic nitrogens is 1. The van der Waals surface area contributed by atoms with E-state index in [1.165, 1.54) is 18.0 Å². The highest BCUT2D eigenvalue weighted by atomic mass is 32.1. The molecule has 0 aliphatic carbocycles. The lowest BCUT2D eigenvalue weighted by Crippen LogP contribution is -1.64. The summed E-state index contributed by atoms with van der Waals surface area (Å²) in [7, 11) is 0. The molecule has 7 heavy (non-hydrogen) atoms. The lowest BCUT2D eigenvalue weighted by molar-refractivity contribution is 1.49. The fourth-order valence-electron chi connectivity index (χ4n) is 0.295. The number of nitrogens with zero attached hydrogens (tertiary/aromatic N) is 1. The molecule has 0 amide bonds. The fraction of sp³-hybridized carbons (Fsp3) is 0. The van der Waals surface area contributed by atoms with Crippen LogP contribution in [0.25, 0.3) is 0 Å². The largest absolute Gasteiger partial charge is 0.201 e. The van der Waals surface area contributed by atoms with Crippen LogP contribution in [0.3, 0.4) is 0 Å². The van der Waals surface area contributed by atoms with E-state index in [0.29, 0.717) is 0 Å². The van der Waals surface area contributed by atoms with Crippen LogP contribution in [0, 0.1) is 13.3 Å². The van der Waals surface area contributed by atoms with Crippen LogP contribution in [0.4, 0.5) is 0 Å². The van der Waals surface area contributed by atoms with Gasteiger partial charge >= 0.3 is 0 Å². The molecule has 0 N–H and O–H groups in total. The Balaban J connectivity index is 2.76. The molecule has 0 spiro atoms. The monoisotopic (exact) mass is 110 g/mol. The van der Waals surface area contributed by atoms with Crippen LogP contribution in [-0.4, -0.2) is 4.37 Å². The maximum atomic E-state index is 5.14. The molecule has 1 aromatic heterocycles. The predicted octanol–water partition coefficient (Wildman–Crippen LogP) is 1.41. The summed E-state index contributed by atoms with van der Waals surface area (Å²) in [6.07, 6.45) is 3.26. The first-order valence-corrected chi connectivity index (χ1v) is 2.71. The smallest absolute Gasteiger partial charge is 0.0442 e. The Morgan fingerprint density at radius 2 is 2.71 bits per heavy atom. The second kappa shape index (κ2) is 2.07. The van der Waals surface area contributed by atoms with Gasteiger partial charge in [0, 0.05) is 11.6 Å². The van der Waals surface area contributed by atoms with Crippen LogP contribution in [0.2, 0.25) is 0 Å². The zero-order valence-corrected chi connectivity index (χ0v) is 4.48. The van der Waals surface area contributed by atoms with Gasteiger partial charge in [0.1, 0.15) is 0 Å². The first kappa shape index (κ1) is 4.78. The Morgan fingerprint density at radius 3 is 3.00 bits per heavy atom. The highest BCUT2D eigenvalue weighted by Gasteiger charge is 1.84. The molecule has 0 saturated carbocycles. The third-order valence-corrected chi connectivity index (χ3v) is 1.25. The van der Waals surface area contributed by atoms with Crippen LogP contribution < -0.4 is 0 Å². The van der Waals surface area contributed by atoms with Crippen molar-refractivity contribution >= 4 is 11.5 Å². The van der Waals surface area contributed by atoms with E-state index >= 15 is 0 Å². The molecular weight excluding hydrogens is 106 g/mol. The van der Waals surface area contributed by atoms with Gasteiger partial charge in [0.15, 0.2) is 0 Å². The molecule has 35 valence electrons. The lowest BCUT2D eigenvalue weighted by Gasteiger charge is -1.75. The minimum Gasteiger partial charge on any atom is -0.201 e. The summed E-state index contributed by atoms with van der Waals surface area (Å²) in [6.45, 7) is 5.14. The summed E-state index contributed by atoms with van der Waals surface area (Å²) in [5.41, 5.74) is 0.991. The summed E-state index contributed by atoms with van der Waals surface area (Å²) < 4.78 is 3.82. The van der Waals surface area contributed by atoms with Crippen LogP contribution in [0.1, 0.15) is 5.56 Å². The standard InChI is InChI=1S/C5H4NS/c1-2-5-3-6-7-4-5/h1-4H. The van der Waals surface area contributed by atoms with Crippen molar-refractivity contribution < 1.29 is 0 Å². The van der Waals surface area contributed by atoms with Crippen molar-refractivity contribution in [2.24, 2.45) is 0 Å². The summed E-state index contributed by atoms with van der Waals surface area (Å²) in [6, 6.07) is 0. The van der Waals surface area contributed by atoms with Gasteiger partial charge in [-0.3, -0.25) is 0 Å². The zero-order valence-electron chi connectivity index (χ0n) is 3.66. The van der Waals surface area contributed by atoms with Gasteiger partial charge < -0.3 is 0 Å². The zero-order chi connectivity index (χ0) is 5.11. The molecule has 0 aliphatic heterocycles. The minimum atomic E-state index is 0.991. The maximum absolute atomic E-state index is 5.14. The Labute approximate surface area is 47.2 Å². The fourth-order valence-corrected chi connectivity index (χ4v) is 0.800. The van der Waals surface area contributed by atoms with Gasteiger partial charge in [-0.1, -0.05) is 0 Å². The second-order valence-corrected chi connectivity index (χ2v) is 1.78. The molecule has 0 aliphatic rings. The van der Waals surface area contributed by atoms with Gasteiger partial charge in [-0.25, -0.2) is 4.37 Å². The molecule has 2 heteroatoms. The summed E-state index contributed by atoms with van der Waals surface area (Å²) >= 11 is 1.40. The van der Waals surface area contributed by atoms with Crippen molar-refractivity contribution in [3.63, 3.8) is 0 Å². The first-order chi connectivity index (χ1) is 3.43. The SMILES string of the molecule is [CH][CH]c1cnsc1. The summed E-state index contributed by atoms with van der Waals surface area (Å²) in [5.74, 6) is 0. The second-order valence-electron chi connectivity index (χ2n) is 1.12. The van der Waals surface area contributed by atoms with Gasteiger partial charge in [-0.05, 0) is 30.4 Å². The van der Waals surface area contributed by atoms with E-state index in [4.69, 9.17) is 6.92 Å². The first-order valence-electron chi connectivity index (χ1n) is 1.88. The van der Waals surface area contributed by atoms with E-state index in [0.717, 1.165) is 5.56 Å². The summed E-state index contributed by atoms with van der Waals surface area (Å²) in [4.78, 5) is 0. The molecular formula is C5H4NS. The Hall–Kier alpha value is -0.370. The van der Waals surface area contributed by atoms with E-state index in [1.54, 1.807) is 6.20 Å². The van der Waals surface area contributed by atoms with Gasteiger partial charge in [-0.2, -0.15) is 0 Å². The van der Waals surface area contributed by atoms with Crippen LogP contribution in [0.15, 0.2) is 11.6 Å². The van der Waals surface area contributed by atoms with Gasteiger partial charge in [0.2, 0.25) is 0 Å². The Bertz CT molecular complexity index is 123. The lowest BCUT2D eigenvalue weighted by atomic mass is 10.3. The Morgan fingerprint density at radius 1 is 1.86 bits per heavy atom. The van der Waals surface area contributed by atoms with Crippen molar-refractivity contribution in [3.8, 4) is 0 Å². The molecule has 3 radical (unpaired) electrons. The number of hydrogen-bond acceptors (Lipinski definition) is 2. The van der Waals surface area contributed by atoms with Crippen molar-refractivity contribution in [3.05, 3.63) is 30.5 Å². The van der Waals surface area contributed by atoms with Crippen molar-refractivity contribution in [2.45, 2.75) is 0 Å². The van der Waals surface area contributed by atoms with Crippen molar-refractivity contribution in [1.82, 2.24) is 4.37 Å². The van der Waals surface area contributed by atoms with E-state index in [2.05, 4.69) is 4.37 Å². The van der Waals surface area contributed by atoms with Gasteiger partial charge in [0.25, 0.3) is 0 Å². The van der Waals surface area contributed by atoms with E-state index in [9.17, 15) is 0 Å². The molecule has 1 nitrogen and oxygen atoms in total. The number of hydrogen-bond donors (Lipinski definition) is 0. The highest BCUT2D eigenvalue weighted by Crippen LogP contribution is 2.01. The van der Waals surface area contributed by atoms with Crippen molar-refractivity contribution in [1.29, 1.82) is 0 Å². The Kier molecular flexibility index (Phi) is 1.42. The average molecular weight is 110 g/mol. The van der Waals surface area contributed by atoms with E-state index in [1.807, 2.05) is 5.38 Å². The minimum absolute atomic E-state index is 0.991. The normalized spacial score (nSPS) is 9.29. The van der Waals surface area contributed by atoms with E-state index < -0.39 is 0 Å². The van der Waals surface area contributed by atoms with Gasteiger partial charge in [-0.15, -0.1) is 0 Å². The quantitative estimate of drug-likeness (QED) is 0.532. The molecule has 1 aromatic rings. The topological polar surface area (TPSA) is 12.9 Å². The molecule has 0 atom stereocenters. The maximum Gasteiger partial charge on any atom is 0.0442 e. The predicted molar refractivity (Wildman–Crippen MR) is 29.8 cm³/mol. The summed E-state index contributed by atoms with van der Waals surface area (Å²) in [5, 5.41) is 1.89. The molecule has 0 saturated heterocycles.